The minimum Gasteiger partial charge on any atom is -0.481 e. The summed E-state index contributed by atoms with van der Waals surface area (Å²) in [6.45, 7) is 2.05. The summed E-state index contributed by atoms with van der Waals surface area (Å²) in [5, 5.41) is 10.6. The summed E-state index contributed by atoms with van der Waals surface area (Å²) in [5.74, 6) is -2.48. The van der Waals surface area contributed by atoms with Crippen molar-refractivity contribution >= 4 is 34.9 Å². The number of carboxylic acids is 1. The summed E-state index contributed by atoms with van der Waals surface area (Å²) in [6, 6.07) is 1.64. The average molecular weight is 283 g/mol. The molecule has 0 bridgehead atoms. The first-order valence-corrected chi connectivity index (χ1v) is 6.70. The van der Waals surface area contributed by atoms with Gasteiger partial charge in [0.1, 0.15) is 4.88 Å². The van der Waals surface area contributed by atoms with Crippen molar-refractivity contribution in [2.75, 3.05) is 18.1 Å². The molecule has 19 heavy (non-hydrogen) atoms. The number of ether oxygens (including phenoxy) is 1. The number of carboxylic acid groups (broad SMARTS) is 1. The average Bonchev–Trinajstić information content (AvgIpc) is 2.94. The third kappa shape index (κ3) is 2.60. The predicted molar refractivity (Wildman–Crippen MR) is 68.4 cm³/mol. The van der Waals surface area contributed by atoms with Gasteiger partial charge in [0.15, 0.2) is 0 Å². The number of thiophene rings is 1. The quantitative estimate of drug-likeness (QED) is 0.843. The van der Waals surface area contributed by atoms with E-state index in [1.807, 2.05) is 0 Å². The number of hydrogen-bond donors (Lipinski definition) is 1. The van der Waals surface area contributed by atoms with E-state index in [2.05, 4.69) is 0 Å². The van der Waals surface area contributed by atoms with Gasteiger partial charge in [-0.1, -0.05) is 0 Å². The lowest BCUT2D eigenvalue weighted by Gasteiger charge is -2.16. The fourth-order valence-corrected chi connectivity index (χ4v) is 2.76. The molecule has 1 aromatic heterocycles. The summed E-state index contributed by atoms with van der Waals surface area (Å²) in [4.78, 5) is 36.2. The van der Waals surface area contributed by atoms with Gasteiger partial charge in [0.05, 0.1) is 18.2 Å². The van der Waals surface area contributed by atoms with Crippen molar-refractivity contribution in [1.82, 2.24) is 0 Å². The maximum absolute atomic E-state index is 11.8. The van der Waals surface area contributed by atoms with Crippen LogP contribution in [0.4, 0.5) is 5.69 Å². The van der Waals surface area contributed by atoms with Crippen molar-refractivity contribution in [3.63, 3.8) is 0 Å². The summed E-state index contributed by atoms with van der Waals surface area (Å²) < 4.78 is 4.91. The van der Waals surface area contributed by atoms with Gasteiger partial charge in [-0.15, -0.1) is 11.3 Å². The summed E-state index contributed by atoms with van der Waals surface area (Å²) in [5.41, 5.74) is 0.442. The molecule has 1 saturated heterocycles. The van der Waals surface area contributed by atoms with E-state index in [0.717, 1.165) is 0 Å². The molecule has 0 radical (unpaired) electrons. The third-order valence-electron chi connectivity index (χ3n) is 2.87. The molecule has 2 heterocycles. The monoisotopic (exact) mass is 283 g/mol. The van der Waals surface area contributed by atoms with E-state index in [4.69, 9.17) is 9.84 Å². The van der Waals surface area contributed by atoms with Gasteiger partial charge in [0, 0.05) is 13.0 Å². The Morgan fingerprint density at radius 1 is 1.58 bits per heavy atom. The van der Waals surface area contributed by atoms with Crippen molar-refractivity contribution in [2.24, 2.45) is 5.92 Å². The van der Waals surface area contributed by atoms with E-state index < -0.39 is 17.9 Å². The predicted octanol–water partition coefficient (Wildman–Crippen LogP) is 1.36. The number of nitrogens with zero attached hydrogens (tertiary/aromatic N) is 1. The lowest BCUT2D eigenvalue weighted by molar-refractivity contribution is -0.141. The van der Waals surface area contributed by atoms with Crippen LogP contribution in [0.3, 0.4) is 0 Å². The van der Waals surface area contributed by atoms with Gasteiger partial charge in [0.2, 0.25) is 5.91 Å². The van der Waals surface area contributed by atoms with Crippen LogP contribution in [0.15, 0.2) is 11.4 Å². The van der Waals surface area contributed by atoms with Gasteiger partial charge in [-0.05, 0) is 18.4 Å². The summed E-state index contributed by atoms with van der Waals surface area (Å²) in [6.07, 6.45) is -0.0343. The molecule has 1 aliphatic heterocycles. The van der Waals surface area contributed by atoms with Crippen molar-refractivity contribution in [3.05, 3.63) is 16.3 Å². The summed E-state index contributed by atoms with van der Waals surface area (Å²) >= 11 is 1.18. The smallest absolute Gasteiger partial charge is 0.350 e. The zero-order valence-electron chi connectivity index (χ0n) is 10.3. The van der Waals surface area contributed by atoms with E-state index in [-0.39, 0.29) is 25.5 Å². The molecule has 102 valence electrons. The second kappa shape index (κ2) is 5.40. The highest BCUT2D eigenvalue weighted by Gasteiger charge is 2.37. The molecule has 0 saturated carbocycles. The lowest BCUT2D eigenvalue weighted by Crippen LogP contribution is -2.27. The fraction of sp³-hybridized carbons (Fsp3) is 0.417. The van der Waals surface area contributed by atoms with Crippen LogP contribution < -0.4 is 4.90 Å². The Morgan fingerprint density at radius 2 is 2.32 bits per heavy atom. The zero-order chi connectivity index (χ0) is 14.0. The Hall–Kier alpha value is -1.89. The van der Waals surface area contributed by atoms with Crippen molar-refractivity contribution < 1.29 is 24.2 Å². The summed E-state index contributed by atoms with van der Waals surface area (Å²) in [7, 11) is 0. The number of anilines is 1. The molecule has 1 aliphatic rings. The minimum atomic E-state index is -0.997. The van der Waals surface area contributed by atoms with Gasteiger partial charge >= 0.3 is 11.9 Å². The van der Waals surface area contributed by atoms with Crippen LogP contribution in [-0.4, -0.2) is 36.1 Å². The molecule has 1 fully saturated rings. The van der Waals surface area contributed by atoms with Crippen LogP contribution in [0.2, 0.25) is 0 Å². The van der Waals surface area contributed by atoms with Gasteiger partial charge in [-0.3, -0.25) is 9.59 Å². The number of amides is 1. The molecule has 7 heteroatoms. The zero-order valence-corrected chi connectivity index (χ0v) is 11.1. The van der Waals surface area contributed by atoms with Crippen molar-refractivity contribution in [3.8, 4) is 0 Å². The normalized spacial score (nSPS) is 18.7. The molecular weight excluding hydrogens is 270 g/mol. The van der Waals surface area contributed by atoms with Gasteiger partial charge in [-0.2, -0.15) is 0 Å². The highest BCUT2D eigenvalue weighted by Crippen LogP contribution is 2.32. The maximum Gasteiger partial charge on any atom is 0.350 e. The van der Waals surface area contributed by atoms with E-state index >= 15 is 0 Å². The highest BCUT2D eigenvalue weighted by molar-refractivity contribution is 7.12. The van der Waals surface area contributed by atoms with Crippen LogP contribution in [0, 0.1) is 5.92 Å². The van der Waals surface area contributed by atoms with E-state index in [9.17, 15) is 14.4 Å². The molecule has 1 aromatic rings. The first-order valence-electron chi connectivity index (χ1n) is 5.82. The number of carbonyl (C=O) groups is 3. The molecular formula is C12H13NO5S. The number of carbonyl (C=O) groups excluding carboxylic acids is 2. The van der Waals surface area contributed by atoms with Crippen LogP contribution in [-0.2, 0) is 14.3 Å². The number of aliphatic carboxylic acids is 1. The van der Waals surface area contributed by atoms with Crippen molar-refractivity contribution in [2.45, 2.75) is 13.3 Å². The van der Waals surface area contributed by atoms with Gasteiger partial charge in [0.25, 0.3) is 0 Å². The number of rotatable bonds is 4. The lowest BCUT2D eigenvalue weighted by atomic mass is 10.1. The maximum atomic E-state index is 11.8. The molecule has 6 nitrogen and oxygen atoms in total. The highest BCUT2D eigenvalue weighted by atomic mass is 32.1. The molecule has 1 N–H and O–H groups in total. The Kier molecular flexibility index (Phi) is 3.84. The second-order valence-corrected chi connectivity index (χ2v) is 5.02. The van der Waals surface area contributed by atoms with Crippen molar-refractivity contribution in [1.29, 1.82) is 0 Å². The van der Waals surface area contributed by atoms with Gasteiger partial charge in [-0.25, -0.2) is 4.79 Å². The molecule has 0 spiro atoms. The molecule has 1 amide bonds. The third-order valence-corrected chi connectivity index (χ3v) is 3.75. The first kappa shape index (κ1) is 13.5. The van der Waals surface area contributed by atoms with E-state index in [1.54, 1.807) is 18.4 Å². The molecule has 0 aromatic carbocycles. The fourth-order valence-electron chi connectivity index (χ4n) is 1.97. The minimum absolute atomic E-state index is 0.0343. The Morgan fingerprint density at radius 3 is 2.89 bits per heavy atom. The molecule has 1 unspecified atom stereocenters. The molecule has 2 rings (SSSR count). The van der Waals surface area contributed by atoms with E-state index in [1.165, 1.54) is 16.2 Å². The van der Waals surface area contributed by atoms with Gasteiger partial charge < -0.3 is 14.7 Å². The second-order valence-electron chi connectivity index (χ2n) is 4.10. The van der Waals surface area contributed by atoms with Crippen LogP contribution in [0.25, 0.3) is 0 Å². The Balaban J connectivity index is 2.24. The topological polar surface area (TPSA) is 83.9 Å². The first-order chi connectivity index (χ1) is 9.04. The van der Waals surface area contributed by atoms with E-state index in [0.29, 0.717) is 10.6 Å². The number of esters is 1. The molecule has 0 aliphatic carbocycles. The SMILES string of the molecule is CCOC(=O)c1sccc1N1CC(C(=O)O)CC1=O. The standard InChI is InChI=1S/C12H13NO5S/c1-2-18-12(17)10-8(3-4-19-10)13-6-7(11(15)16)5-9(13)14/h3-4,7H,2,5-6H2,1H3,(H,15,16). The Labute approximate surface area is 113 Å². The largest absolute Gasteiger partial charge is 0.481 e. The Bertz CT molecular complexity index is 524. The van der Waals surface area contributed by atoms with Crippen LogP contribution >= 0.6 is 11.3 Å². The number of hydrogen-bond acceptors (Lipinski definition) is 5. The van der Waals surface area contributed by atoms with Crippen LogP contribution in [0.1, 0.15) is 23.0 Å². The van der Waals surface area contributed by atoms with Crippen LogP contribution in [0.5, 0.6) is 0 Å². The molecule has 1 atom stereocenters.